The molecule has 0 saturated heterocycles. The van der Waals surface area contributed by atoms with Crippen molar-refractivity contribution in [2.75, 3.05) is 6.54 Å². The number of hydrogen-bond donors (Lipinski definition) is 1. The first-order chi connectivity index (χ1) is 9.25. The molecular formula is C14H21FN2O2S. The summed E-state index contributed by atoms with van der Waals surface area (Å²) in [5.41, 5.74) is 6.05. The molecule has 0 atom stereocenters. The fraction of sp³-hybridized carbons (Fsp3) is 0.429. The van der Waals surface area contributed by atoms with Crippen LogP contribution in [0.4, 0.5) is 4.39 Å². The third-order valence-electron chi connectivity index (χ3n) is 3.06. The van der Waals surface area contributed by atoms with Gasteiger partial charge in [0.25, 0.3) is 0 Å². The van der Waals surface area contributed by atoms with E-state index in [4.69, 9.17) is 5.73 Å². The standard InChI is InChI=1S/C14H21FN2O2S/c1-5-6-17(10(2)3)20(18,19)14-8-12(9-16)7-13(15)11(14)4/h5,7-8,10H,1,6,9,16H2,2-4H3. The largest absolute Gasteiger partial charge is 0.326 e. The molecule has 0 unspecified atom stereocenters. The Morgan fingerprint density at radius 2 is 2.05 bits per heavy atom. The van der Waals surface area contributed by atoms with Gasteiger partial charge < -0.3 is 5.73 Å². The lowest BCUT2D eigenvalue weighted by molar-refractivity contribution is 0.382. The average Bonchev–Trinajstić information content (AvgIpc) is 2.37. The number of sulfonamides is 1. The molecule has 0 fully saturated rings. The second kappa shape index (κ2) is 6.47. The third-order valence-corrected chi connectivity index (χ3v) is 5.23. The summed E-state index contributed by atoms with van der Waals surface area (Å²) < 4.78 is 40.5. The van der Waals surface area contributed by atoms with Crippen molar-refractivity contribution in [1.82, 2.24) is 4.31 Å². The zero-order valence-corrected chi connectivity index (χ0v) is 12.9. The first-order valence-electron chi connectivity index (χ1n) is 6.37. The van der Waals surface area contributed by atoms with Crippen molar-refractivity contribution in [3.63, 3.8) is 0 Å². The van der Waals surface area contributed by atoms with E-state index < -0.39 is 15.8 Å². The molecule has 112 valence electrons. The minimum Gasteiger partial charge on any atom is -0.326 e. The van der Waals surface area contributed by atoms with Gasteiger partial charge in [0.15, 0.2) is 0 Å². The van der Waals surface area contributed by atoms with Gasteiger partial charge >= 0.3 is 0 Å². The number of rotatable bonds is 6. The van der Waals surface area contributed by atoms with Crippen LogP contribution in [0.15, 0.2) is 29.7 Å². The summed E-state index contributed by atoms with van der Waals surface area (Å²) in [7, 11) is -3.78. The Labute approximate surface area is 120 Å². The highest BCUT2D eigenvalue weighted by Crippen LogP contribution is 2.25. The summed E-state index contributed by atoms with van der Waals surface area (Å²) >= 11 is 0. The molecule has 4 nitrogen and oxygen atoms in total. The van der Waals surface area contributed by atoms with Gasteiger partial charge in [-0.2, -0.15) is 4.31 Å². The van der Waals surface area contributed by atoms with Crippen LogP contribution in [0.2, 0.25) is 0 Å². The van der Waals surface area contributed by atoms with Crippen LogP contribution >= 0.6 is 0 Å². The van der Waals surface area contributed by atoms with Gasteiger partial charge in [0.1, 0.15) is 5.82 Å². The van der Waals surface area contributed by atoms with Crippen LogP contribution < -0.4 is 5.73 Å². The molecule has 1 aromatic carbocycles. The van der Waals surface area contributed by atoms with Crippen molar-refractivity contribution in [3.8, 4) is 0 Å². The molecule has 0 aliphatic rings. The summed E-state index contributed by atoms with van der Waals surface area (Å²) in [6, 6.07) is 2.45. The molecule has 0 bridgehead atoms. The topological polar surface area (TPSA) is 63.4 Å². The van der Waals surface area contributed by atoms with E-state index >= 15 is 0 Å². The fourth-order valence-corrected chi connectivity index (χ4v) is 3.83. The van der Waals surface area contributed by atoms with Crippen molar-refractivity contribution in [2.45, 2.75) is 38.3 Å². The Kier molecular flexibility index (Phi) is 5.44. The maximum atomic E-state index is 13.8. The smallest absolute Gasteiger partial charge is 0.243 e. The highest BCUT2D eigenvalue weighted by molar-refractivity contribution is 7.89. The second-order valence-corrected chi connectivity index (χ2v) is 6.72. The Balaban J connectivity index is 3.48. The second-order valence-electron chi connectivity index (χ2n) is 4.86. The molecule has 1 aromatic rings. The van der Waals surface area contributed by atoms with Crippen LogP contribution in [-0.2, 0) is 16.6 Å². The van der Waals surface area contributed by atoms with Gasteiger partial charge in [0.2, 0.25) is 10.0 Å². The predicted octanol–water partition coefficient (Wildman–Crippen LogP) is 2.18. The van der Waals surface area contributed by atoms with E-state index in [1.54, 1.807) is 13.8 Å². The Morgan fingerprint density at radius 3 is 2.50 bits per heavy atom. The van der Waals surface area contributed by atoms with Gasteiger partial charge in [-0.25, -0.2) is 12.8 Å². The van der Waals surface area contributed by atoms with Crippen LogP contribution in [0.25, 0.3) is 0 Å². The average molecular weight is 300 g/mol. The van der Waals surface area contributed by atoms with Crippen molar-refractivity contribution in [3.05, 3.63) is 41.7 Å². The summed E-state index contributed by atoms with van der Waals surface area (Å²) in [5.74, 6) is -0.561. The Morgan fingerprint density at radius 1 is 1.45 bits per heavy atom. The van der Waals surface area contributed by atoms with Crippen LogP contribution in [-0.4, -0.2) is 25.3 Å². The highest BCUT2D eigenvalue weighted by Gasteiger charge is 2.28. The van der Waals surface area contributed by atoms with Gasteiger partial charge in [0, 0.05) is 24.7 Å². The lowest BCUT2D eigenvalue weighted by Crippen LogP contribution is -2.37. The summed E-state index contributed by atoms with van der Waals surface area (Å²) in [6.07, 6.45) is 1.51. The van der Waals surface area contributed by atoms with E-state index in [0.717, 1.165) is 0 Å². The minimum atomic E-state index is -3.78. The molecule has 0 spiro atoms. The molecule has 0 aliphatic carbocycles. The first kappa shape index (κ1) is 16.8. The van der Waals surface area contributed by atoms with Crippen LogP contribution in [0.3, 0.4) is 0 Å². The van der Waals surface area contributed by atoms with Gasteiger partial charge in [0.05, 0.1) is 4.90 Å². The number of halogens is 1. The molecule has 6 heteroatoms. The fourth-order valence-electron chi connectivity index (χ4n) is 1.93. The predicted molar refractivity (Wildman–Crippen MR) is 78.3 cm³/mol. The summed E-state index contributed by atoms with van der Waals surface area (Å²) in [5, 5.41) is 0. The van der Waals surface area contributed by atoms with Crippen LogP contribution in [0.1, 0.15) is 25.0 Å². The molecule has 0 aliphatic heterocycles. The van der Waals surface area contributed by atoms with E-state index in [2.05, 4.69) is 6.58 Å². The van der Waals surface area contributed by atoms with E-state index in [0.29, 0.717) is 5.56 Å². The van der Waals surface area contributed by atoms with E-state index in [1.807, 2.05) is 0 Å². The maximum Gasteiger partial charge on any atom is 0.243 e. The number of hydrogen-bond acceptors (Lipinski definition) is 3. The van der Waals surface area contributed by atoms with E-state index in [9.17, 15) is 12.8 Å². The minimum absolute atomic E-state index is 0.0338. The molecule has 1 rings (SSSR count). The number of nitrogens with zero attached hydrogens (tertiary/aromatic N) is 1. The lowest BCUT2D eigenvalue weighted by atomic mass is 10.1. The molecule has 0 aromatic heterocycles. The van der Waals surface area contributed by atoms with E-state index in [1.165, 1.54) is 29.4 Å². The first-order valence-corrected chi connectivity index (χ1v) is 7.81. The maximum absolute atomic E-state index is 13.8. The van der Waals surface area contributed by atoms with Gasteiger partial charge in [-0.1, -0.05) is 6.08 Å². The summed E-state index contributed by atoms with van der Waals surface area (Å²) in [4.78, 5) is -0.0338. The molecule has 0 radical (unpaired) electrons. The van der Waals surface area contributed by atoms with Crippen molar-refractivity contribution in [2.24, 2.45) is 5.73 Å². The number of benzene rings is 1. The van der Waals surface area contributed by atoms with E-state index in [-0.39, 0.29) is 29.6 Å². The van der Waals surface area contributed by atoms with Crippen LogP contribution in [0.5, 0.6) is 0 Å². The lowest BCUT2D eigenvalue weighted by Gasteiger charge is -2.25. The van der Waals surface area contributed by atoms with Gasteiger partial charge in [-0.05, 0) is 38.5 Å². The molecule has 20 heavy (non-hydrogen) atoms. The van der Waals surface area contributed by atoms with Crippen molar-refractivity contribution in [1.29, 1.82) is 0 Å². The van der Waals surface area contributed by atoms with Crippen LogP contribution in [0, 0.1) is 12.7 Å². The Hall–Kier alpha value is -1.24. The molecule has 2 N–H and O–H groups in total. The van der Waals surface area contributed by atoms with Gasteiger partial charge in [-0.3, -0.25) is 0 Å². The number of nitrogens with two attached hydrogens (primary N) is 1. The zero-order chi connectivity index (χ0) is 15.5. The monoisotopic (exact) mass is 300 g/mol. The van der Waals surface area contributed by atoms with Gasteiger partial charge in [-0.15, -0.1) is 6.58 Å². The molecular weight excluding hydrogens is 279 g/mol. The quantitative estimate of drug-likeness (QED) is 0.819. The summed E-state index contributed by atoms with van der Waals surface area (Å²) in [6.45, 7) is 8.80. The Bertz CT molecular complexity index is 597. The SMILES string of the molecule is C=CCN(C(C)C)S(=O)(=O)c1cc(CN)cc(F)c1C. The zero-order valence-electron chi connectivity index (χ0n) is 12.1. The van der Waals surface area contributed by atoms with Crippen molar-refractivity contribution >= 4 is 10.0 Å². The molecule has 0 amide bonds. The normalized spacial score (nSPS) is 12.2. The highest BCUT2D eigenvalue weighted by atomic mass is 32.2. The molecule has 0 saturated carbocycles. The van der Waals surface area contributed by atoms with Crippen molar-refractivity contribution < 1.29 is 12.8 Å². The third kappa shape index (κ3) is 3.26. The molecule has 0 heterocycles.